The molecular weight excluding hydrogens is 254 g/mol. The summed E-state index contributed by atoms with van der Waals surface area (Å²) in [5.41, 5.74) is 0.760. The van der Waals surface area contributed by atoms with E-state index in [1.54, 1.807) is 0 Å². The Morgan fingerprint density at radius 1 is 1.63 bits per heavy atom. The number of anilines is 1. The number of aliphatic hydroxyl groups is 1. The minimum Gasteiger partial charge on any atom is -0.424 e. The summed E-state index contributed by atoms with van der Waals surface area (Å²) in [6.45, 7) is 0.141. The average Bonchev–Trinajstić information content (AvgIpc) is 2.79. The van der Waals surface area contributed by atoms with E-state index in [0.29, 0.717) is 11.1 Å². The first kappa shape index (κ1) is 13.2. The van der Waals surface area contributed by atoms with Gasteiger partial charge in [0.05, 0.1) is 24.2 Å². The molecule has 2 N–H and O–H groups in total. The van der Waals surface area contributed by atoms with E-state index in [-0.39, 0.29) is 31.0 Å². The number of aliphatic hydroxyl groups excluding tert-OH is 1. The Labute approximate surface area is 108 Å². The summed E-state index contributed by atoms with van der Waals surface area (Å²) in [5.74, 6) is 0. The van der Waals surface area contributed by atoms with Crippen molar-refractivity contribution in [3.63, 3.8) is 0 Å². The third-order valence-corrected chi connectivity index (χ3v) is 2.50. The SMILES string of the molecule is COCC(CO)Nc1nc2cc([N+](=O)[O-])ccc2o1. The zero-order valence-electron chi connectivity index (χ0n) is 10.2. The summed E-state index contributed by atoms with van der Waals surface area (Å²) in [6, 6.07) is 3.99. The lowest BCUT2D eigenvalue weighted by molar-refractivity contribution is -0.384. The summed E-state index contributed by atoms with van der Waals surface area (Å²) in [6.07, 6.45) is 0. The van der Waals surface area contributed by atoms with Gasteiger partial charge in [-0.3, -0.25) is 10.1 Å². The Kier molecular flexibility index (Phi) is 3.93. The molecule has 1 aromatic heterocycles. The Hall–Kier alpha value is -2.19. The fourth-order valence-electron chi connectivity index (χ4n) is 1.61. The van der Waals surface area contributed by atoms with Crippen LogP contribution in [0, 0.1) is 10.1 Å². The predicted molar refractivity (Wildman–Crippen MR) is 67.0 cm³/mol. The van der Waals surface area contributed by atoms with E-state index in [1.807, 2.05) is 0 Å². The molecule has 8 heteroatoms. The molecule has 1 aromatic carbocycles. The summed E-state index contributed by atoms with van der Waals surface area (Å²) in [4.78, 5) is 14.2. The third kappa shape index (κ3) is 2.98. The van der Waals surface area contributed by atoms with Crippen LogP contribution >= 0.6 is 0 Å². The average molecular weight is 267 g/mol. The second-order valence-corrected chi connectivity index (χ2v) is 3.91. The number of nitrogens with one attached hydrogen (secondary N) is 1. The monoisotopic (exact) mass is 267 g/mol. The topological polar surface area (TPSA) is 111 Å². The van der Waals surface area contributed by atoms with Crippen molar-refractivity contribution in [1.29, 1.82) is 0 Å². The molecule has 1 heterocycles. The van der Waals surface area contributed by atoms with Crippen molar-refractivity contribution < 1.29 is 19.2 Å². The van der Waals surface area contributed by atoms with Gasteiger partial charge in [0, 0.05) is 19.2 Å². The van der Waals surface area contributed by atoms with Gasteiger partial charge in [0.15, 0.2) is 5.58 Å². The number of ether oxygens (including phenoxy) is 1. The zero-order valence-corrected chi connectivity index (χ0v) is 10.2. The van der Waals surface area contributed by atoms with Crippen LogP contribution in [0.1, 0.15) is 0 Å². The van der Waals surface area contributed by atoms with Gasteiger partial charge in [-0.15, -0.1) is 0 Å². The maximum absolute atomic E-state index is 10.6. The van der Waals surface area contributed by atoms with Crippen LogP contribution in [0.15, 0.2) is 22.6 Å². The van der Waals surface area contributed by atoms with E-state index >= 15 is 0 Å². The maximum Gasteiger partial charge on any atom is 0.296 e. The molecule has 0 amide bonds. The van der Waals surface area contributed by atoms with E-state index < -0.39 is 4.92 Å². The second kappa shape index (κ2) is 5.63. The first-order valence-electron chi connectivity index (χ1n) is 5.55. The number of benzene rings is 1. The smallest absolute Gasteiger partial charge is 0.296 e. The molecular formula is C11H13N3O5. The van der Waals surface area contributed by atoms with Crippen LogP contribution in [-0.4, -0.2) is 41.4 Å². The van der Waals surface area contributed by atoms with Gasteiger partial charge in [0.1, 0.15) is 5.52 Å². The summed E-state index contributed by atoms with van der Waals surface area (Å²) < 4.78 is 10.3. The van der Waals surface area contributed by atoms with Crippen molar-refractivity contribution in [2.75, 3.05) is 25.6 Å². The van der Waals surface area contributed by atoms with E-state index in [2.05, 4.69) is 10.3 Å². The summed E-state index contributed by atoms with van der Waals surface area (Å²) >= 11 is 0. The lowest BCUT2D eigenvalue weighted by Crippen LogP contribution is -2.28. The Bertz CT molecular complexity index is 583. The number of hydrogen-bond acceptors (Lipinski definition) is 7. The Morgan fingerprint density at radius 2 is 2.42 bits per heavy atom. The first-order chi connectivity index (χ1) is 9.13. The van der Waals surface area contributed by atoms with Crippen molar-refractivity contribution >= 4 is 22.8 Å². The number of rotatable bonds is 6. The highest BCUT2D eigenvalue weighted by Gasteiger charge is 2.14. The molecule has 0 bridgehead atoms. The van der Waals surface area contributed by atoms with Crippen LogP contribution in [0.5, 0.6) is 0 Å². The lowest BCUT2D eigenvalue weighted by atomic mass is 10.3. The standard InChI is InChI=1S/C11H13N3O5/c1-18-6-7(5-15)12-11-13-9-4-8(14(16)17)2-3-10(9)19-11/h2-4,7,15H,5-6H2,1H3,(H,12,13). The summed E-state index contributed by atoms with van der Waals surface area (Å²) in [7, 11) is 1.51. The number of methoxy groups -OCH3 is 1. The molecule has 0 saturated carbocycles. The first-order valence-corrected chi connectivity index (χ1v) is 5.55. The van der Waals surface area contributed by atoms with Gasteiger partial charge in [0.2, 0.25) is 0 Å². The van der Waals surface area contributed by atoms with Gasteiger partial charge in [-0.2, -0.15) is 4.98 Å². The zero-order chi connectivity index (χ0) is 13.8. The number of non-ortho nitro benzene ring substituents is 1. The molecule has 0 aliphatic carbocycles. The van der Waals surface area contributed by atoms with Gasteiger partial charge in [-0.1, -0.05) is 0 Å². The molecule has 8 nitrogen and oxygen atoms in total. The van der Waals surface area contributed by atoms with Crippen LogP contribution in [0.4, 0.5) is 11.7 Å². The fraction of sp³-hybridized carbons (Fsp3) is 0.364. The molecule has 19 heavy (non-hydrogen) atoms. The highest BCUT2D eigenvalue weighted by Crippen LogP contribution is 2.23. The molecule has 2 aromatic rings. The molecule has 0 aliphatic rings. The quantitative estimate of drug-likeness (QED) is 0.596. The number of fused-ring (bicyclic) bond motifs is 1. The maximum atomic E-state index is 10.6. The van der Waals surface area contributed by atoms with Crippen LogP contribution in [-0.2, 0) is 4.74 Å². The molecule has 0 fully saturated rings. The minimum atomic E-state index is -0.497. The van der Waals surface area contributed by atoms with Crippen LogP contribution in [0.25, 0.3) is 11.1 Å². The highest BCUT2D eigenvalue weighted by atomic mass is 16.6. The lowest BCUT2D eigenvalue weighted by Gasteiger charge is -2.12. The van der Waals surface area contributed by atoms with Crippen molar-refractivity contribution in [2.24, 2.45) is 0 Å². The molecule has 0 radical (unpaired) electrons. The van der Waals surface area contributed by atoms with Crippen molar-refractivity contribution in [3.05, 3.63) is 28.3 Å². The second-order valence-electron chi connectivity index (χ2n) is 3.91. The van der Waals surface area contributed by atoms with Crippen molar-refractivity contribution in [1.82, 2.24) is 4.98 Å². The molecule has 2 rings (SSSR count). The van der Waals surface area contributed by atoms with Crippen molar-refractivity contribution in [2.45, 2.75) is 6.04 Å². The Morgan fingerprint density at radius 3 is 3.05 bits per heavy atom. The van der Waals surface area contributed by atoms with Crippen LogP contribution < -0.4 is 5.32 Å². The van der Waals surface area contributed by atoms with E-state index in [0.717, 1.165) is 0 Å². The number of nitro benzene ring substituents is 1. The normalized spacial score (nSPS) is 12.5. The van der Waals surface area contributed by atoms with Gasteiger partial charge in [-0.05, 0) is 6.07 Å². The van der Waals surface area contributed by atoms with Gasteiger partial charge in [-0.25, -0.2) is 0 Å². The van der Waals surface area contributed by atoms with Gasteiger partial charge in [0.25, 0.3) is 11.7 Å². The molecule has 0 spiro atoms. The fourth-order valence-corrected chi connectivity index (χ4v) is 1.61. The highest BCUT2D eigenvalue weighted by molar-refractivity contribution is 5.77. The van der Waals surface area contributed by atoms with E-state index in [9.17, 15) is 10.1 Å². The third-order valence-electron chi connectivity index (χ3n) is 2.50. The van der Waals surface area contributed by atoms with Gasteiger partial charge >= 0.3 is 0 Å². The number of nitrogens with zero attached hydrogens (tertiary/aromatic N) is 2. The number of nitro groups is 1. The molecule has 1 atom stereocenters. The van der Waals surface area contributed by atoms with Crippen molar-refractivity contribution in [3.8, 4) is 0 Å². The van der Waals surface area contributed by atoms with E-state index in [1.165, 1.54) is 25.3 Å². The molecule has 0 saturated heterocycles. The molecule has 102 valence electrons. The largest absolute Gasteiger partial charge is 0.424 e. The van der Waals surface area contributed by atoms with Crippen LogP contribution in [0.2, 0.25) is 0 Å². The number of oxazole rings is 1. The van der Waals surface area contributed by atoms with Crippen LogP contribution in [0.3, 0.4) is 0 Å². The number of hydrogen-bond donors (Lipinski definition) is 2. The molecule has 1 unspecified atom stereocenters. The number of aromatic nitrogens is 1. The van der Waals surface area contributed by atoms with Gasteiger partial charge < -0.3 is 19.6 Å². The Balaban J connectivity index is 2.23. The predicted octanol–water partition coefficient (Wildman–Crippen LogP) is 1.16. The molecule has 0 aliphatic heterocycles. The van der Waals surface area contributed by atoms with E-state index in [4.69, 9.17) is 14.3 Å². The summed E-state index contributed by atoms with van der Waals surface area (Å²) in [5, 5.41) is 22.6. The minimum absolute atomic E-state index is 0.0528.